The van der Waals surface area contributed by atoms with Gasteiger partial charge >= 0.3 is 12.2 Å². The molecule has 230 valence electrons. The molecule has 3 rings (SSSR count). The van der Waals surface area contributed by atoms with Crippen LogP contribution in [-0.2, 0) is 28.5 Å². The number of imide groups is 1. The molecule has 1 spiro atoms. The van der Waals surface area contributed by atoms with E-state index in [0.29, 0.717) is 39.3 Å². The van der Waals surface area contributed by atoms with Crippen molar-refractivity contribution in [3.05, 3.63) is 11.6 Å². The van der Waals surface area contributed by atoms with E-state index in [1.54, 1.807) is 7.11 Å². The molecule has 2 heterocycles. The summed E-state index contributed by atoms with van der Waals surface area (Å²) in [6.07, 6.45) is 4.03. The van der Waals surface area contributed by atoms with Gasteiger partial charge in [0.05, 0.1) is 37.6 Å². The van der Waals surface area contributed by atoms with E-state index >= 15 is 0 Å². The fourth-order valence-electron chi connectivity index (χ4n) is 5.15. The number of alkyl carbamates (subject to hydrolysis) is 2. The second kappa shape index (κ2) is 16.9. The Hall–Kier alpha value is -2.21. The lowest BCUT2D eigenvalue weighted by Crippen LogP contribution is -2.53. The lowest BCUT2D eigenvalue weighted by Gasteiger charge is -2.39. The van der Waals surface area contributed by atoms with Gasteiger partial charge in [-0.15, -0.1) is 0 Å². The number of epoxide rings is 2. The maximum atomic E-state index is 12.6. The molecule has 2 aliphatic heterocycles. The number of nitrogens with zero attached hydrogens (tertiary/aromatic N) is 1. The Labute approximate surface area is 239 Å². The lowest BCUT2D eigenvalue weighted by atomic mass is 9.73. The summed E-state index contributed by atoms with van der Waals surface area (Å²) in [5.74, 6) is -0.514. The molecule has 0 aromatic heterocycles. The molecule has 2 saturated heterocycles. The van der Waals surface area contributed by atoms with E-state index < -0.39 is 24.2 Å². The van der Waals surface area contributed by atoms with Gasteiger partial charge in [-0.05, 0) is 46.1 Å². The standard InChI is InChI=1S/C27H45N3O8.C2H6/c1-6-8-15-35-25(32)28-13-14-30(7-2)16-21(31)29-26(33)38-20-11-12-27(17-36-27)22(23(20)34-5)24-19(37-24)10-9-18(3)4;1-2/h9,19-20,22-24H,6-8,10-17H2,1-5H3,(H,28,32)(H,29,31,33);1-2H3. The number of methoxy groups -OCH3 is 1. The number of carbonyl (C=O) groups is 3. The summed E-state index contributed by atoms with van der Waals surface area (Å²) >= 11 is 0. The van der Waals surface area contributed by atoms with Crippen LogP contribution in [0.1, 0.15) is 73.6 Å². The molecule has 11 nitrogen and oxygen atoms in total. The Balaban J connectivity index is 0.00000274. The fraction of sp³-hybridized carbons (Fsp3) is 0.828. The van der Waals surface area contributed by atoms with E-state index in [4.69, 9.17) is 23.7 Å². The van der Waals surface area contributed by atoms with Crippen molar-refractivity contribution in [2.45, 2.75) is 104 Å². The van der Waals surface area contributed by atoms with Crippen LogP contribution in [0.3, 0.4) is 0 Å². The Morgan fingerprint density at radius 3 is 2.48 bits per heavy atom. The molecular weight excluding hydrogens is 518 g/mol. The normalized spacial score (nSPS) is 28.1. The van der Waals surface area contributed by atoms with Crippen LogP contribution in [0.5, 0.6) is 0 Å². The number of hydrogen-bond donors (Lipinski definition) is 2. The number of nitrogens with one attached hydrogen (secondary N) is 2. The average Bonchev–Trinajstić information content (AvgIpc) is 3.86. The SMILES string of the molecule is CC.CCCCOC(=O)NCCN(CC)CC(=O)NC(=O)OC1CCC2(CO2)C(C2OC2CC=C(C)C)C1OC. The molecule has 1 saturated carbocycles. The minimum atomic E-state index is -0.792. The summed E-state index contributed by atoms with van der Waals surface area (Å²) in [7, 11) is 1.61. The summed E-state index contributed by atoms with van der Waals surface area (Å²) in [4.78, 5) is 38.6. The van der Waals surface area contributed by atoms with Gasteiger partial charge in [0.15, 0.2) is 0 Å². The molecule has 3 amide bonds. The molecule has 0 radical (unpaired) electrons. The minimum absolute atomic E-state index is 0.00192. The third-order valence-electron chi connectivity index (χ3n) is 7.44. The lowest BCUT2D eigenvalue weighted by molar-refractivity contribution is -0.124. The maximum absolute atomic E-state index is 12.6. The van der Waals surface area contributed by atoms with Crippen molar-refractivity contribution in [3.63, 3.8) is 0 Å². The Kier molecular flexibility index (Phi) is 14.4. The number of allylic oxidation sites excluding steroid dienone is 1. The summed E-state index contributed by atoms with van der Waals surface area (Å²) in [6.45, 7) is 14.4. The molecule has 6 unspecified atom stereocenters. The van der Waals surface area contributed by atoms with Gasteiger partial charge in [0.2, 0.25) is 5.91 Å². The van der Waals surface area contributed by atoms with Gasteiger partial charge in [0, 0.05) is 26.1 Å². The van der Waals surface area contributed by atoms with Crippen molar-refractivity contribution in [3.8, 4) is 0 Å². The summed E-state index contributed by atoms with van der Waals surface area (Å²) in [5, 5.41) is 5.00. The third-order valence-corrected chi connectivity index (χ3v) is 7.44. The first-order valence-electron chi connectivity index (χ1n) is 14.8. The van der Waals surface area contributed by atoms with Crippen molar-refractivity contribution in [2.24, 2.45) is 5.92 Å². The van der Waals surface area contributed by atoms with Crippen LogP contribution in [0.25, 0.3) is 0 Å². The first kappa shape index (κ1) is 34.0. The summed E-state index contributed by atoms with van der Waals surface area (Å²) < 4.78 is 28.5. The van der Waals surface area contributed by atoms with Crippen LogP contribution in [0.4, 0.5) is 9.59 Å². The minimum Gasteiger partial charge on any atom is -0.450 e. The second-order valence-corrected chi connectivity index (χ2v) is 10.6. The topological polar surface area (TPSA) is 131 Å². The maximum Gasteiger partial charge on any atom is 0.414 e. The van der Waals surface area contributed by atoms with Crippen LogP contribution in [0, 0.1) is 5.92 Å². The molecule has 1 aliphatic carbocycles. The van der Waals surface area contributed by atoms with Crippen molar-refractivity contribution < 1.29 is 38.1 Å². The number of rotatable bonds is 14. The fourth-order valence-corrected chi connectivity index (χ4v) is 5.15. The van der Waals surface area contributed by atoms with Crippen molar-refractivity contribution >= 4 is 18.1 Å². The van der Waals surface area contributed by atoms with Crippen LogP contribution >= 0.6 is 0 Å². The van der Waals surface area contributed by atoms with Crippen molar-refractivity contribution in [1.29, 1.82) is 0 Å². The monoisotopic (exact) mass is 569 g/mol. The van der Waals surface area contributed by atoms with Gasteiger partial charge in [0.25, 0.3) is 0 Å². The first-order valence-corrected chi connectivity index (χ1v) is 14.8. The number of ether oxygens (including phenoxy) is 5. The zero-order valence-corrected chi connectivity index (χ0v) is 25.5. The largest absolute Gasteiger partial charge is 0.450 e. The van der Waals surface area contributed by atoms with Gasteiger partial charge < -0.3 is 29.0 Å². The molecule has 6 atom stereocenters. The molecule has 0 bridgehead atoms. The molecule has 3 aliphatic rings. The molecule has 0 aromatic carbocycles. The second-order valence-electron chi connectivity index (χ2n) is 10.6. The van der Waals surface area contributed by atoms with E-state index in [-0.39, 0.29) is 36.4 Å². The van der Waals surface area contributed by atoms with Crippen LogP contribution in [0.15, 0.2) is 11.6 Å². The molecule has 2 N–H and O–H groups in total. The van der Waals surface area contributed by atoms with Gasteiger partial charge in [-0.2, -0.15) is 0 Å². The van der Waals surface area contributed by atoms with Crippen LogP contribution < -0.4 is 10.6 Å². The van der Waals surface area contributed by atoms with Gasteiger partial charge in [-0.3, -0.25) is 15.0 Å². The first-order chi connectivity index (χ1) is 19.2. The van der Waals surface area contributed by atoms with E-state index in [9.17, 15) is 14.4 Å². The van der Waals surface area contributed by atoms with E-state index in [1.165, 1.54) is 5.57 Å². The summed E-state index contributed by atoms with van der Waals surface area (Å²) in [5.41, 5.74) is 0.962. The predicted octanol–water partition coefficient (Wildman–Crippen LogP) is 3.80. The van der Waals surface area contributed by atoms with E-state index in [2.05, 4.69) is 30.6 Å². The van der Waals surface area contributed by atoms with Crippen LogP contribution in [0.2, 0.25) is 0 Å². The highest BCUT2D eigenvalue weighted by Gasteiger charge is 2.66. The molecular formula is C29H51N3O8. The zero-order chi connectivity index (χ0) is 29.7. The Bertz CT molecular complexity index is 843. The number of hydrogen-bond acceptors (Lipinski definition) is 9. The highest BCUT2D eigenvalue weighted by atomic mass is 16.6. The summed E-state index contributed by atoms with van der Waals surface area (Å²) in [6, 6.07) is 0. The zero-order valence-electron chi connectivity index (χ0n) is 25.5. The number of carbonyl (C=O) groups excluding carboxylic acids is 3. The van der Waals surface area contributed by atoms with E-state index in [0.717, 1.165) is 25.7 Å². The van der Waals surface area contributed by atoms with Gasteiger partial charge in [-0.1, -0.05) is 45.8 Å². The number of unbranched alkanes of at least 4 members (excludes halogenated alkanes) is 1. The molecule has 0 aromatic rings. The molecule has 40 heavy (non-hydrogen) atoms. The number of likely N-dealkylation sites (N-methyl/N-ethyl adjacent to an activating group) is 1. The molecule has 11 heteroatoms. The highest BCUT2D eigenvalue weighted by Crippen LogP contribution is 2.54. The average molecular weight is 570 g/mol. The number of amides is 3. The van der Waals surface area contributed by atoms with Crippen molar-refractivity contribution in [2.75, 3.05) is 46.5 Å². The molecule has 3 fully saturated rings. The quantitative estimate of drug-likeness (QED) is 0.182. The Morgan fingerprint density at radius 2 is 1.88 bits per heavy atom. The smallest absolute Gasteiger partial charge is 0.414 e. The van der Waals surface area contributed by atoms with E-state index in [1.807, 2.05) is 32.6 Å². The van der Waals surface area contributed by atoms with Gasteiger partial charge in [-0.25, -0.2) is 9.59 Å². The third kappa shape index (κ3) is 10.3. The predicted molar refractivity (Wildman–Crippen MR) is 151 cm³/mol. The van der Waals surface area contributed by atoms with Crippen molar-refractivity contribution in [1.82, 2.24) is 15.5 Å². The van der Waals surface area contributed by atoms with Crippen LogP contribution in [-0.4, -0.2) is 99.5 Å². The highest BCUT2D eigenvalue weighted by molar-refractivity contribution is 5.92. The Morgan fingerprint density at radius 1 is 1.15 bits per heavy atom. The van der Waals surface area contributed by atoms with Gasteiger partial charge in [0.1, 0.15) is 12.2 Å².